The van der Waals surface area contributed by atoms with Gasteiger partial charge in [0, 0.05) is 5.39 Å². The van der Waals surface area contributed by atoms with Crippen molar-refractivity contribution in [1.29, 1.82) is 0 Å². The molecule has 1 aromatic heterocycles. The summed E-state index contributed by atoms with van der Waals surface area (Å²) in [6.45, 7) is 3.99. The number of benzene rings is 1. The summed E-state index contributed by atoms with van der Waals surface area (Å²) in [5, 5.41) is 0.980. The Hall–Kier alpha value is -1.97. The fourth-order valence-corrected chi connectivity index (χ4v) is 1.88. The number of fused-ring (bicyclic) bond motifs is 1. The van der Waals surface area contributed by atoms with Crippen molar-refractivity contribution in [3.05, 3.63) is 35.5 Å². The van der Waals surface area contributed by atoms with Crippen LogP contribution in [0.1, 0.15) is 23.0 Å². The average molecular weight is 218 g/mol. The van der Waals surface area contributed by atoms with Crippen molar-refractivity contribution < 1.29 is 9.53 Å². The van der Waals surface area contributed by atoms with Crippen molar-refractivity contribution in [3.63, 3.8) is 0 Å². The summed E-state index contributed by atoms with van der Waals surface area (Å²) in [7, 11) is 0. The van der Waals surface area contributed by atoms with E-state index in [2.05, 4.69) is 0 Å². The minimum absolute atomic E-state index is 0.347. The predicted octanol–water partition coefficient (Wildman–Crippen LogP) is 1.84. The molecule has 1 heterocycles. The van der Waals surface area contributed by atoms with Gasteiger partial charge in [-0.3, -0.25) is 4.68 Å². The number of carbonyl (C=O) groups is 1. The van der Waals surface area contributed by atoms with Crippen LogP contribution in [-0.2, 0) is 4.74 Å². The first-order valence-corrected chi connectivity index (χ1v) is 5.19. The zero-order chi connectivity index (χ0) is 11.7. The van der Waals surface area contributed by atoms with Crippen LogP contribution in [0.15, 0.2) is 24.3 Å². The largest absolute Gasteiger partial charge is 0.461 e. The molecule has 2 N–H and O–H groups in total. The van der Waals surface area contributed by atoms with E-state index >= 15 is 0 Å². The number of hydrogen-bond acceptors (Lipinski definition) is 3. The molecule has 0 radical (unpaired) electrons. The first-order valence-electron chi connectivity index (χ1n) is 5.19. The van der Waals surface area contributed by atoms with Gasteiger partial charge in [-0.15, -0.1) is 0 Å². The van der Waals surface area contributed by atoms with E-state index in [4.69, 9.17) is 10.6 Å². The number of para-hydroxylation sites is 1. The quantitative estimate of drug-likeness (QED) is 0.618. The molecule has 0 aliphatic heterocycles. The van der Waals surface area contributed by atoms with Crippen LogP contribution >= 0.6 is 0 Å². The third-order valence-corrected chi connectivity index (χ3v) is 2.63. The summed E-state index contributed by atoms with van der Waals surface area (Å²) in [6, 6.07) is 7.63. The van der Waals surface area contributed by atoms with Gasteiger partial charge >= 0.3 is 5.97 Å². The fraction of sp³-hybridized carbons (Fsp3) is 0.250. The standard InChI is InChI=1S/C12H14N2O2/c1-3-16-12(15)11-8(2)9-6-4-5-7-10(9)14(11)13/h4-7H,3,13H2,1-2H3. The number of esters is 1. The molecule has 0 fully saturated rings. The summed E-state index contributed by atoms with van der Waals surface area (Å²) < 4.78 is 6.37. The Kier molecular flexibility index (Phi) is 2.56. The highest BCUT2D eigenvalue weighted by Gasteiger charge is 2.19. The molecule has 16 heavy (non-hydrogen) atoms. The van der Waals surface area contributed by atoms with Crippen LogP contribution in [0.25, 0.3) is 10.9 Å². The smallest absolute Gasteiger partial charge is 0.357 e. The Balaban J connectivity index is 2.66. The van der Waals surface area contributed by atoms with Crippen LogP contribution in [-0.4, -0.2) is 17.3 Å². The van der Waals surface area contributed by atoms with Gasteiger partial charge in [-0.25, -0.2) is 4.79 Å². The number of aromatic nitrogens is 1. The number of ether oxygens (including phenoxy) is 1. The van der Waals surface area contributed by atoms with Crippen molar-refractivity contribution in [2.24, 2.45) is 0 Å². The fourth-order valence-electron chi connectivity index (χ4n) is 1.88. The Labute approximate surface area is 93.6 Å². The van der Waals surface area contributed by atoms with Crippen LogP contribution < -0.4 is 5.84 Å². The number of nitrogens with zero attached hydrogens (tertiary/aromatic N) is 1. The topological polar surface area (TPSA) is 57.2 Å². The molecular weight excluding hydrogens is 204 g/mol. The summed E-state index contributed by atoms with van der Waals surface area (Å²) >= 11 is 0. The third-order valence-electron chi connectivity index (χ3n) is 2.63. The summed E-state index contributed by atoms with van der Waals surface area (Å²) in [4.78, 5) is 11.7. The predicted molar refractivity (Wildman–Crippen MR) is 62.8 cm³/mol. The van der Waals surface area contributed by atoms with E-state index in [9.17, 15) is 4.79 Å². The summed E-state index contributed by atoms with van der Waals surface area (Å²) in [5.41, 5.74) is 2.11. The van der Waals surface area contributed by atoms with Crippen molar-refractivity contribution in [2.75, 3.05) is 12.4 Å². The van der Waals surface area contributed by atoms with Gasteiger partial charge in [-0.05, 0) is 25.5 Å². The number of nitrogens with two attached hydrogens (primary N) is 1. The van der Waals surface area contributed by atoms with E-state index in [1.165, 1.54) is 4.68 Å². The van der Waals surface area contributed by atoms with Gasteiger partial charge in [0.25, 0.3) is 0 Å². The monoisotopic (exact) mass is 218 g/mol. The number of nitrogen functional groups attached to an aromatic ring is 1. The highest BCUT2D eigenvalue weighted by Crippen LogP contribution is 2.23. The van der Waals surface area contributed by atoms with Gasteiger partial charge in [0.1, 0.15) is 0 Å². The van der Waals surface area contributed by atoms with Gasteiger partial charge in [-0.1, -0.05) is 18.2 Å². The Morgan fingerprint density at radius 1 is 1.44 bits per heavy atom. The maximum Gasteiger partial charge on any atom is 0.357 e. The first kappa shape index (κ1) is 10.5. The van der Waals surface area contributed by atoms with Crippen LogP contribution in [0.4, 0.5) is 0 Å². The van der Waals surface area contributed by atoms with E-state index in [-0.39, 0.29) is 5.97 Å². The highest BCUT2D eigenvalue weighted by atomic mass is 16.5. The van der Waals surface area contributed by atoms with E-state index in [1.807, 2.05) is 31.2 Å². The number of hydrogen-bond donors (Lipinski definition) is 1. The van der Waals surface area contributed by atoms with Crippen LogP contribution in [0.3, 0.4) is 0 Å². The van der Waals surface area contributed by atoms with E-state index in [0.29, 0.717) is 12.3 Å². The number of rotatable bonds is 2. The molecule has 4 heteroatoms. The summed E-state index contributed by atoms with van der Waals surface area (Å²) in [6.07, 6.45) is 0. The molecular formula is C12H14N2O2. The lowest BCUT2D eigenvalue weighted by atomic mass is 10.1. The first-order chi connectivity index (χ1) is 7.66. The second kappa shape index (κ2) is 3.89. The zero-order valence-corrected chi connectivity index (χ0v) is 9.36. The Morgan fingerprint density at radius 2 is 2.12 bits per heavy atom. The Bertz CT molecular complexity index is 504. The van der Waals surface area contributed by atoms with Gasteiger partial charge < -0.3 is 10.6 Å². The minimum atomic E-state index is -0.376. The molecule has 4 nitrogen and oxygen atoms in total. The maximum absolute atomic E-state index is 11.7. The lowest BCUT2D eigenvalue weighted by Gasteiger charge is -2.04. The second-order valence-corrected chi connectivity index (χ2v) is 3.58. The van der Waals surface area contributed by atoms with E-state index in [1.54, 1.807) is 6.92 Å². The van der Waals surface area contributed by atoms with E-state index in [0.717, 1.165) is 16.5 Å². The molecule has 1 aromatic carbocycles. The van der Waals surface area contributed by atoms with Crippen molar-refractivity contribution >= 4 is 16.9 Å². The van der Waals surface area contributed by atoms with Gasteiger partial charge in [0.2, 0.25) is 0 Å². The average Bonchev–Trinajstić information content (AvgIpc) is 2.53. The van der Waals surface area contributed by atoms with Crippen LogP contribution in [0.2, 0.25) is 0 Å². The molecule has 84 valence electrons. The minimum Gasteiger partial charge on any atom is -0.461 e. The molecule has 0 atom stereocenters. The summed E-state index contributed by atoms with van der Waals surface area (Å²) in [5.74, 6) is 5.51. The third kappa shape index (κ3) is 1.43. The molecule has 0 spiro atoms. The number of aryl methyl sites for hydroxylation is 1. The van der Waals surface area contributed by atoms with Crippen LogP contribution in [0.5, 0.6) is 0 Å². The lowest BCUT2D eigenvalue weighted by Crippen LogP contribution is -2.18. The molecule has 0 unspecified atom stereocenters. The van der Waals surface area contributed by atoms with Gasteiger partial charge in [0.05, 0.1) is 12.1 Å². The molecule has 0 bridgehead atoms. The van der Waals surface area contributed by atoms with Crippen molar-refractivity contribution in [3.8, 4) is 0 Å². The van der Waals surface area contributed by atoms with Crippen LogP contribution in [0, 0.1) is 6.92 Å². The second-order valence-electron chi connectivity index (χ2n) is 3.58. The molecule has 0 aliphatic rings. The van der Waals surface area contributed by atoms with Crippen molar-refractivity contribution in [1.82, 2.24) is 4.68 Å². The Morgan fingerprint density at radius 3 is 2.75 bits per heavy atom. The van der Waals surface area contributed by atoms with Gasteiger partial charge in [0.15, 0.2) is 5.69 Å². The number of carbonyl (C=O) groups excluding carboxylic acids is 1. The zero-order valence-electron chi connectivity index (χ0n) is 9.36. The van der Waals surface area contributed by atoms with Gasteiger partial charge in [-0.2, -0.15) is 0 Å². The maximum atomic E-state index is 11.7. The molecule has 0 amide bonds. The molecule has 2 aromatic rings. The van der Waals surface area contributed by atoms with E-state index < -0.39 is 0 Å². The normalized spacial score (nSPS) is 10.6. The molecule has 0 saturated heterocycles. The lowest BCUT2D eigenvalue weighted by molar-refractivity contribution is 0.0516. The molecule has 0 aliphatic carbocycles. The SMILES string of the molecule is CCOC(=O)c1c(C)c2ccccc2n1N. The molecule has 0 saturated carbocycles. The van der Waals surface area contributed by atoms with Crippen molar-refractivity contribution in [2.45, 2.75) is 13.8 Å². The highest BCUT2D eigenvalue weighted by molar-refractivity contribution is 5.98. The molecule has 2 rings (SSSR count).